The number of hydrogen-bond acceptors (Lipinski definition) is 4. The smallest absolute Gasteiger partial charge is 0.358 e. The maximum absolute atomic E-state index is 11.8. The van der Waals surface area contributed by atoms with Crippen LogP contribution in [0.15, 0.2) is 12.1 Å². The molecule has 0 saturated carbocycles. The summed E-state index contributed by atoms with van der Waals surface area (Å²) in [6.45, 7) is 3.05. The number of aromatic nitrogens is 1. The summed E-state index contributed by atoms with van der Waals surface area (Å²) >= 11 is 0. The van der Waals surface area contributed by atoms with E-state index in [2.05, 4.69) is 4.98 Å². The third kappa shape index (κ3) is 3.21. The number of amides is 1. The predicted octanol–water partition coefficient (Wildman–Crippen LogP) is 1.09. The van der Waals surface area contributed by atoms with E-state index in [9.17, 15) is 9.59 Å². The van der Waals surface area contributed by atoms with Crippen molar-refractivity contribution in [1.82, 2.24) is 9.88 Å². The first kappa shape index (κ1) is 13.3. The first-order valence-corrected chi connectivity index (χ1v) is 6.19. The van der Waals surface area contributed by atoms with Gasteiger partial charge in [0.1, 0.15) is 0 Å². The Morgan fingerprint density at radius 1 is 1.37 bits per heavy atom. The van der Waals surface area contributed by atoms with Crippen LogP contribution in [0.1, 0.15) is 29.0 Å². The highest BCUT2D eigenvalue weighted by Crippen LogP contribution is 2.17. The van der Waals surface area contributed by atoms with E-state index >= 15 is 0 Å². The Labute approximate surface area is 111 Å². The second-order valence-electron chi connectivity index (χ2n) is 4.48. The van der Waals surface area contributed by atoms with Crippen molar-refractivity contribution < 1.29 is 19.4 Å². The van der Waals surface area contributed by atoms with Crippen molar-refractivity contribution in [2.24, 2.45) is 0 Å². The summed E-state index contributed by atoms with van der Waals surface area (Å²) in [5.74, 6) is -1.15. The fourth-order valence-electron chi connectivity index (χ4n) is 2.01. The number of ether oxygens (including phenoxy) is 1. The van der Waals surface area contributed by atoms with Gasteiger partial charge in [0.05, 0.1) is 0 Å². The van der Waals surface area contributed by atoms with Crippen LogP contribution in [0.4, 0.5) is 0 Å². The van der Waals surface area contributed by atoms with Crippen LogP contribution in [-0.4, -0.2) is 46.6 Å². The molecule has 1 aromatic rings. The second-order valence-corrected chi connectivity index (χ2v) is 4.48. The Hall–Kier alpha value is -2.11. The summed E-state index contributed by atoms with van der Waals surface area (Å²) in [7, 11) is 0. The van der Waals surface area contributed by atoms with Crippen LogP contribution in [0.2, 0.25) is 0 Å². The average Bonchev–Trinajstić information content (AvgIpc) is 2.90. The lowest BCUT2D eigenvalue weighted by molar-refractivity contribution is -0.132. The van der Waals surface area contributed by atoms with Gasteiger partial charge in [0, 0.05) is 18.8 Å². The highest BCUT2D eigenvalue weighted by atomic mass is 16.5. The highest BCUT2D eigenvalue weighted by Gasteiger charge is 2.20. The summed E-state index contributed by atoms with van der Waals surface area (Å²) < 4.78 is 5.29. The van der Waals surface area contributed by atoms with Gasteiger partial charge in [0.2, 0.25) is 0 Å². The van der Waals surface area contributed by atoms with Gasteiger partial charge >= 0.3 is 5.97 Å². The number of carboxylic acids is 1. The molecule has 0 atom stereocenters. The summed E-state index contributed by atoms with van der Waals surface area (Å²) in [6.07, 6.45) is 2.02. The molecule has 1 N–H and O–H groups in total. The summed E-state index contributed by atoms with van der Waals surface area (Å²) in [5, 5.41) is 9.03. The maximum Gasteiger partial charge on any atom is 0.358 e. The normalized spacial score (nSPS) is 14.5. The molecule has 0 unspecified atom stereocenters. The molecular formula is C13H16N2O4. The van der Waals surface area contributed by atoms with Crippen molar-refractivity contribution in [2.45, 2.75) is 19.8 Å². The molecule has 0 bridgehead atoms. The first-order valence-electron chi connectivity index (χ1n) is 6.19. The van der Waals surface area contributed by atoms with E-state index in [1.54, 1.807) is 17.9 Å². The lowest BCUT2D eigenvalue weighted by atomic mass is 10.3. The van der Waals surface area contributed by atoms with Gasteiger partial charge in [-0.1, -0.05) is 0 Å². The second kappa shape index (κ2) is 5.69. The van der Waals surface area contributed by atoms with Crippen molar-refractivity contribution in [3.05, 3.63) is 23.5 Å². The predicted molar refractivity (Wildman–Crippen MR) is 67.2 cm³/mol. The summed E-state index contributed by atoms with van der Waals surface area (Å²) in [6, 6.07) is 3.19. The fraction of sp³-hybridized carbons (Fsp3) is 0.462. The van der Waals surface area contributed by atoms with Crippen LogP contribution in [-0.2, 0) is 4.79 Å². The van der Waals surface area contributed by atoms with Crippen molar-refractivity contribution in [3.63, 3.8) is 0 Å². The molecular weight excluding hydrogens is 248 g/mol. The van der Waals surface area contributed by atoms with E-state index in [-0.39, 0.29) is 24.0 Å². The zero-order valence-corrected chi connectivity index (χ0v) is 10.8. The van der Waals surface area contributed by atoms with E-state index in [0.717, 1.165) is 25.9 Å². The standard InChI is InChI=1S/C13H16N2O4/c1-9-4-5-10(12(14-9)13(17)18)19-8-11(16)15-6-2-3-7-15/h4-5H,2-3,6-8H2,1H3,(H,17,18). The molecule has 19 heavy (non-hydrogen) atoms. The van der Waals surface area contributed by atoms with Gasteiger partial charge in [-0.25, -0.2) is 9.78 Å². The number of carbonyl (C=O) groups excluding carboxylic acids is 1. The zero-order valence-electron chi connectivity index (χ0n) is 10.8. The number of pyridine rings is 1. The van der Waals surface area contributed by atoms with Gasteiger partial charge in [0.25, 0.3) is 5.91 Å². The van der Waals surface area contributed by atoms with Crippen LogP contribution in [0.25, 0.3) is 0 Å². The molecule has 2 rings (SSSR count). The Kier molecular flexibility index (Phi) is 3.99. The number of nitrogens with zero attached hydrogens (tertiary/aromatic N) is 2. The monoisotopic (exact) mass is 264 g/mol. The molecule has 1 aliphatic rings. The SMILES string of the molecule is Cc1ccc(OCC(=O)N2CCCC2)c(C(=O)O)n1. The quantitative estimate of drug-likeness (QED) is 0.880. The molecule has 1 saturated heterocycles. The van der Waals surface area contributed by atoms with Gasteiger partial charge < -0.3 is 14.7 Å². The fourth-order valence-corrected chi connectivity index (χ4v) is 2.01. The van der Waals surface area contributed by atoms with Crippen molar-refractivity contribution >= 4 is 11.9 Å². The number of rotatable bonds is 4. The van der Waals surface area contributed by atoms with E-state index in [0.29, 0.717) is 5.69 Å². The Balaban J connectivity index is 2.02. The van der Waals surface area contributed by atoms with E-state index in [1.807, 2.05) is 0 Å². The van der Waals surface area contributed by atoms with Crippen molar-refractivity contribution in [2.75, 3.05) is 19.7 Å². The van der Waals surface area contributed by atoms with Gasteiger partial charge in [0.15, 0.2) is 18.1 Å². The molecule has 1 fully saturated rings. The minimum atomic E-state index is -1.16. The molecule has 0 aromatic carbocycles. The van der Waals surface area contributed by atoms with Gasteiger partial charge in [-0.05, 0) is 31.9 Å². The number of aromatic carboxylic acids is 1. The van der Waals surface area contributed by atoms with Crippen molar-refractivity contribution in [3.8, 4) is 5.75 Å². The molecule has 0 radical (unpaired) electrons. The third-order valence-electron chi connectivity index (χ3n) is 3.01. The Morgan fingerprint density at radius 2 is 2.05 bits per heavy atom. The largest absolute Gasteiger partial charge is 0.481 e. The number of likely N-dealkylation sites (tertiary alicyclic amines) is 1. The summed E-state index contributed by atoms with van der Waals surface area (Å²) in [5.41, 5.74) is 0.435. The molecule has 0 aliphatic carbocycles. The number of hydrogen-bond donors (Lipinski definition) is 1. The van der Waals surface area contributed by atoms with Crippen molar-refractivity contribution in [1.29, 1.82) is 0 Å². The molecule has 1 aliphatic heterocycles. The van der Waals surface area contributed by atoms with Crippen LogP contribution >= 0.6 is 0 Å². The molecule has 1 amide bonds. The molecule has 2 heterocycles. The van der Waals surface area contributed by atoms with Crippen LogP contribution in [0, 0.1) is 6.92 Å². The van der Waals surface area contributed by atoms with Crippen LogP contribution < -0.4 is 4.74 Å². The molecule has 1 aromatic heterocycles. The Bertz CT molecular complexity index is 495. The first-order chi connectivity index (χ1) is 9.08. The maximum atomic E-state index is 11.8. The topological polar surface area (TPSA) is 79.7 Å². The van der Waals surface area contributed by atoms with Crippen LogP contribution in [0.3, 0.4) is 0 Å². The molecule has 0 spiro atoms. The van der Waals surface area contributed by atoms with E-state index < -0.39 is 5.97 Å². The zero-order chi connectivity index (χ0) is 13.8. The Morgan fingerprint density at radius 3 is 2.68 bits per heavy atom. The lowest BCUT2D eigenvalue weighted by Gasteiger charge is -2.16. The molecule has 6 heteroatoms. The van der Waals surface area contributed by atoms with E-state index in [1.165, 1.54) is 6.07 Å². The van der Waals surface area contributed by atoms with E-state index in [4.69, 9.17) is 9.84 Å². The van der Waals surface area contributed by atoms with Gasteiger partial charge in [-0.2, -0.15) is 0 Å². The average molecular weight is 264 g/mol. The number of aryl methyl sites for hydroxylation is 1. The molecule has 102 valence electrons. The third-order valence-corrected chi connectivity index (χ3v) is 3.01. The summed E-state index contributed by atoms with van der Waals surface area (Å²) in [4.78, 5) is 28.5. The minimum Gasteiger partial charge on any atom is -0.481 e. The van der Waals surface area contributed by atoms with Crippen LogP contribution in [0.5, 0.6) is 5.75 Å². The number of carboxylic acid groups (broad SMARTS) is 1. The minimum absolute atomic E-state index is 0.116. The lowest BCUT2D eigenvalue weighted by Crippen LogP contribution is -2.32. The highest BCUT2D eigenvalue weighted by molar-refractivity contribution is 5.88. The number of carbonyl (C=O) groups is 2. The van der Waals surface area contributed by atoms with Gasteiger partial charge in [-0.15, -0.1) is 0 Å². The van der Waals surface area contributed by atoms with Gasteiger partial charge in [-0.3, -0.25) is 4.79 Å². The molecule has 6 nitrogen and oxygen atoms in total.